The molecule has 0 unspecified atom stereocenters. The van der Waals surface area contributed by atoms with Gasteiger partial charge in [0.15, 0.2) is 0 Å². The number of nitrogens with zero attached hydrogens (tertiary/aromatic N) is 3. The number of hydrogen-bond donors (Lipinski definition) is 1. The highest BCUT2D eigenvalue weighted by molar-refractivity contribution is 7.99. The summed E-state index contributed by atoms with van der Waals surface area (Å²) in [6.45, 7) is 3.19. The highest BCUT2D eigenvalue weighted by Gasteiger charge is 2.22. The molecule has 1 atom stereocenters. The van der Waals surface area contributed by atoms with Gasteiger partial charge in [-0.2, -0.15) is 11.8 Å². The van der Waals surface area contributed by atoms with Crippen LogP contribution in [0.4, 0.5) is 5.13 Å². The summed E-state index contributed by atoms with van der Waals surface area (Å²) in [7, 11) is 0. The quantitative estimate of drug-likeness (QED) is 0.905. The van der Waals surface area contributed by atoms with E-state index in [1.54, 1.807) is 0 Å². The number of aromatic nitrogens is 2. The number of ether oxygens (including phenoxy) is 1. The molecule has 0 radical (unpaired) electrons. The van der Waals surface area contributed by atoms with Crippen molar-refractivity contribution in [2.75, 3.05) is 43.1 Å². The van der Waals surface area contributed by atoms with Gasteiger partial charge in [0.25, 0.3) is 0 Å². The first-order valence-electron chi connectivity index (χ1n) is 6.86. The average Bonchev–Trinajstić information content (AvgIpc) is 3.10. The first-order chi connectivity index (χ1) is 9.81. The van der Waals surface area contributed by atoms with E-state index in [0.717, 1.165) is 49.1 Å². The number of nitrogens with one attached hydrogen (secondary N) is 1. The van der Waals surface area contributed by atoms with Crippen molar-refractivity contribution in [3.63, 3.8) is 0 Å². The van der Waals surface area contributed by atoms with Gasteiger partial charge in [-0.05, 0) is 12.8 Å². The fraction of sp³-hybridized carbons (Fsp3) is 0.750. The van der Waals surface area contributed by atoms with E-state index >= 15 is 0 Å². The van der Waals surface area contributed by atoms with Gasteiger partial charge < -0.3 is 4.74 Å². The van der Waals surface area contributed by atoms with E-state index in [9.17, 15) is 4.79 Å². The van der Waals surface area contributed by atoms with Crippen LogP contribution in [0.15, 0.2) is 0 Å². The van der Waals surface area contributed by atoms with Gasteiger partial charge in [0.1, 0.15) is 11.1 Å². The molecule has 3 rings (SSSR count). The van der Waals surface area contributed by atoms with Gasteiger partial charge in [-0.25, -0.2) is 0 Å². The van der Waals surface area contributed by atoms with Crippen molar-refractivity contribution >= 4 is 34.1 Å². The first-order valence-corrected chi connectivity index (χ1v) is 8.83. The minimum absolute atomic E-state index is 0.00746. The molecule has 0 bridgehead atoms. The number of carbonyl (C=O) groups is 1. The lowest BCUT2D eigenvalue weighted by atomic mass is 10.2. The van der Waals surface area contributed by atoms with E-state index in [1.807, 2.05) is 11.8 Å². The molecule has 0 saturated carbocycles. The summed E-state index contributed by atoms with van der Waals surface area (Å²) in [5.41, 5.74) is 0. The van der Waals surface area contributed by atoms with Crippen LogP contribution in [0.1, 0.15) is 24.0 Å². The maximum absolute atomic E-state index is 12.0. The lowest BCUT2D eigenvalue weighted by Gasteiger charge is -2.24. The summed E-state index contributed by atoms with van der Waals surface area (Å²) in [5, 5.41) is 12.4. The molecule has 2 saturated heterocycles. The molecule has 6 nitrogen and oxygen atoms in total. The normalized spacial score (nSPS) is 23.9. The minimum atomic E-state index is -0.00746. The summed E-state index contributed by atoms with van der Waals surface area (Å²) < 4.78 is 5.56. The number of thioether (sulfide) groups is 1. The maximum Gasteiger partial charge on any atom is 0.240 e. The minimum Gasteiger partial charge on any atom is -0.371 e. The lowest BCUT2D eigenvalue weighted by Crippen LogP contribution is -2.38. The lowest BCUT2D eigenvalue weighted by molar-refractivity contribution is -0.117. The molecule has 1 aromatic rings. The number of amides is 1. The van der Waals surface area contributed by atoms with Crippen molar-refractivity contribution in [2.45, 2.75) is 18.9 Å². The first kappa shape index (κ1) is 14.2. The smallest absolute Gasteiger partial charge is 0.240 e. The van der Waals surface area contributed by atoms with Gasteiger partial charge in [0.05, 0.1) is 6.54 Å². The van der Waals surface area contributed by atoms with E-state index in [4.69, 9.17) is 4.74 Å². The molecule has 110 valence electrons. The van der Waals surface area contributed by atoms with Gasteiger partial charge in [0.2, 0.25) is 11.0 Å². The highest BCUT2D eigenvalue weighted by Crippen LogP contribution is 2.31. The SMILES string of the molecule is O=C(CN1CCSCC1)Nc1nnc([C@@H]2CCCO2)s1. The summed E-state index contributed by atoms with van der Waals surface area (Å²) in [4.78, 5) is 14.1. The van der Waals surface area contributed by atoms with Crippen molar-refractivity contribution in [1.82, 2.24) is 15.1 Å². The molecule has 0 aliphatic carbocycles. The van der Waals surface area contributed by atoms with Crippen LogP contribution in [0.25, 0.3) is 0 Å². The Morgan fingerprint density at radius 3 is 3.00 bits per heavy atom. The molecule has 1 amide bonds. The van der Waals surface area contributed by atoms with Crippen molar-refractivity contribution in [2.24, 2.45) is 0 Å². The molecular weight excluding hydrogens is 296 g/mol. The van der Waals surface area contributed by atoms with Gasteiger partial charge in [0, 0.05) is 31.2 Å². The van der Waals surface area contributed by atoms with Crippen molar-refractivity contribution in [3.05, 3.63) is 5.01 Å². The van der Waals surface area contributed by atoms with E-state index < -0.39 is 0 Å². The number of anilines is 1. The second-order valence-corrected chi connectivity index (χ2v) is 7.12. The fourth-order valence-corrected chi connectivity index (χ4v) is 4.13. The van der Waals surface area contributed by atoms with E-state index in [1.165, 1.54) is 11.3 Å². The van der Waals surface area contributed by atoms with Crippen LogP contribution in [-0.4, -0.2) is 58.8 Å². The van der Waals surface area contributed by atoms with Crippen LogP contribution >= 0.6 is 23.1 Å². The summed E-state index contributed by atoms with van der Waals surface area (Å²) in [5.74, 6) is 2.21. The van der Waals surface area contributed by atoms with Crippen LogP contribution in [-0.2, 0) is 9.53 Å². The number of hydrogen-bond acceptors (Lipinski definition) is 7. The zero-order valence-electron chi connectivity index (χ0n) is 11.2. The van der Waals surface area contributed by atoms with Crippen LogP contribution in [0, 0.1) is 0 Å². The number of carbonyl (C=O) groups excluding carboxylic acids is 1. The van der Waals surface area contributed by atoms with Crippen LogP contribution < -0.4 is 5.32 Å². The Morgan fingerprint density at radius 1 is 1.40 bits per heavy atom. The van der Waals surface area contributed by atoms with Gasteiger partial charge in [-0.1, -0.05) is 11.3 Å². The molecule has 0 spiro atoms. The third-order valence-corrected chi connectivity index (χ3v) is 5.24. The third-order valence-electron chi connectivity index (χ3n) is 3.36. The summed E-state index contributed by atoms with van der Waals surface area (Å²) in [6, 6.07) is 0. The average molecular weight is 314 g/mol. The molecule has 0 aromatic carbocycles. The molecule has 1 N–H and O–H groups in total. The predicted molar refractivity (Wildman–Crippen MR) is 80.2 cm³/mol. The molecule has 8 heteroatoms. The highest BCUT2D eigenvalue weighted by atomic mass is 32.2. The molecule has 2 aliphatic rings. The summed E-state index contributed by atoms with van der Waals surface area (Å²) in [6.07, 6.45) is 2.13. The van der Waals surface area contributed by atoms with Crippen LogP contribution in [0.5, 0.6) is 0 Å². The second-order valence-electron chi connectivity index (χ2n) is 4.88. The predicted octanol–water partition coefficient (Wildman–Crippen LogP) is 1.38. The Balaban J connectivity index is 1.50. The Hall–Kier alpha value is -0.700. The van der Waals surface area contributed by atoms with Crippen molar-refractivity contribution < 1.29 is 9.53 Å². The monoisotopic (exact) mass is 314 g/mol. The topological polar surface area (TPSA) is 67.4 Å². The van der Waals surface area contributed by atoms with Crippen LogP contribution in [0.2, 0.25) is 0 Å². The van der Waals surface area contributed by atoms with Gasteiger partial charge in [-0.15, -0.1) is 10.2 Å². The Labute approximate surface area is 126 Å². The number of rotatable bonds is 4. The van der Waals surface area contributed by atoms with E-state index in [0.29, 0.717) is 11.7 Å². The van der Waals surface area contributed by atoms with E-state index in [-0.39, 0.29) is 12.0 Å². The Morgan fingerprint density at radius 2 is 2.25 bits per heavy atom. The standard InChI is InChI=1S/C12H18N4O2S2/c17-10(8-16-3-6-19-7-4-16)13-12-15-14-11(20-12)9-2-1-5-18-9/h9H,1-8H2,(H,13,15,17)/t9-/m0/s1. The van der Waals surface area contributed by atoms with Crippen molar-refractivity contribution in [3.8, 4) is 0 Å². The second kappa shape index (κ2) is 6.84. The largest absolute Gasteiger partial charge is 0.371 e. The molecule has 20 heavy (non-hydrogen) atoms. The fourth-order valence-electron chi connectivity index (χ4n) is 2.31. The maximum atomic E-state index is 12.0. The molecule has 2 fully saturated rings. The molecule has 2 aliphatic heterocycles. The molecular formula is C12H18N4O2S2. The van der Waals surface area contributed by atoms with Crippen LogP contribution in [0.3, 0.4) is 0 Å². The third kappa shape index (κ3) is 3.69. The van der Waals surface area contributed by atoms with Gasteiger partial charge >= 0.3 is 0 Å². The van der Waals surface area contributed by atoms with Gasteiger partial charge in [-0.3, -0.25) is 15.0 Å². The Bertz CT molecular complexity index is 456. The zero-order valence-corrected chi connectivity index (χ0v) is 12.8. The zero-order chi connectivity index (χ0) is 13.8. The Kier molecular flexibility index (Phi) is 4.87. The molecule has 1 aromatic heterocycles. The van der Waals surface area contributed by atoms with E-state index in [2.05, 4.69) is 20.4 Å². The molecule has 3 heterocycles. The van der Waals surface area contributed by atoms with Crippen molar-refractivity contribution in [1.29, 1.82) is 0 Å². The summed E-state index contributed by atoms with van der Waals surface area (Å²) >= 11 is 3.36.